The molecule has 0 aromatic carbocycles. The molecular weight excluding hydrogens is 226 g/mol. The summed E-state index contributed by atoms with van der Waals surface area (Å²) in [5, 5.41) is 3.26. The Hall–Kier alpha value is -1.76. The zero-order valence-electron chi connectivity index (χ0n) is 11.0. The molecule has 4 nitrogen and oxygen atoms in total. The van der Waals surface area contributed by atoms with Crippen molar-refractivity contribution in [2.45, 2.75) is 39.0 Å². The fourth-order valence-electron chi connectivity index (χ4n) is 1.72. The van der Waals surface area contributed by atoms with Crippen LogP contribution in [0.5, 0.6) is 5.88 Å². The third kappa shape index (κ3) is 2.92. The predicted molar refractivity (Wildman–Crippen MR) is 71.9 cm³/mol. The van der Waals surface area contributed by atoms with Crippen molar-refractivity contribution in [3.8, 4) is 18.2 Å². The van der Waals surface area contributed by atoms with Gasteiger partial charge in [0.2, 0.25) is 5.88 Å². The molecule has 0 bridgehead atoms. The van der Waals surface area contributed by atoms with E-state index in [0.717, 1.165) is 23.8 Å². The molecule has 0 saturated heterocycles. The van der Waals surface area contributed by atoms with Crippen molar-refractivity contribution < 1.29 is 4.74 Å². The molecule has 1 saturated carbocycles. The second-order valence-electron chi connectivity index (χ2n) is 4.47. The number of terminal acetylenes is 1. The van der Waals surface area contributed by atoms with Crippen molar-refractivity contribution in [1.82, 2.24) is 9.97 Å². The Bertz CT molecular complexity index is 461. The SMILES string of the molecule is C#CCCOc1nc(C2CC2)nc(NCC)c1C. The highest BCUT2D eigenvalue weighted by molar-refractivity contribution is 5.49. The Labute approximate surface area is 108 Å². The van der Waals surface area contributed by atoms with Crippen LogP contribution in [0, 0.1) is 19.3 Å². The number of hydrogen-bond donors (Lipinski definition) is 1. The summed E-state index contributed by atoms with van der Waals surface area (Å²) in [5.74, 6) is 5.52. The highest BCUT2D eigenvalue weighted by Crippen LogP contribution is 2.39. The Kier molecular flexibility index (Phi) is 4.03. The van der Waals surface area contributed by atoms with Crippen LogP contribution in [-0.4, -0.2) is 23.1 Å². The topological polar surface area (TPSA) is 47.0 Å². The fraction of sp³-hybridized carbons (Fsp3) is 0.571. The van der Waals surface area contributed by atoms with E-state index in [1.165, 1.54) is 12.8 Å². The average molecular weight is 245 g/mol. The number of hydrogen-bond acceptors (Lipinski definition) is 4. The molecule has 1 aromatic rings. The van der Waals surface area contributed by atoms with E-state index in [-0.39, 0.29) is 0 Å². The minimum Gasteiger partial charge on any atom is -0.476 e. The Morgan fingerprint density at radius 3 is 2.83 bits per heavy atom. The molecule has 96 valence electrons. The first-order valence-corrected chi connectivity index (χ1v) is 6.45. The van der Waals surface area contributed by atoms with Gasteiger partial charge in [0.1, 0.15) is 18.2 Å². The molecule has 0 spiro atoms. The molecule has 1 N–H and O–H groups in total. The van der Waals surface area contributed by atoms with Gasteiger partial charge < -0.3 is 10.1 Å². The molecule has 2 rings (SSSR count). The molecule has 0 atom stereocenters. The van der Waals surface area contributed by atoms with E-state index in [0.29, 0.717) is 24.8 Å². The van der Waals surface area contributed by atoms with Gasteiger partial charge in [0.25, 0.3) is 0 Å². The van der Waals surface area contributed by atoms with E-state index in [1.54, 1.807) is 0 Å². The van der Waals surface area contributed by atoms with Crippen molar-refractivity contribution in [1.29, 1.82) is 0 Å². The van der Waals surface area contributed by atoms with Gasteiger partial charge in [-0.3, -0.25) is 0 Å². The summed E-state index contributed by atoms with van der Waals surface area (Å²) in [6.07, 6.45) is 8.18. The second kappa shape index (κ2) is 5.72. The average Bonchev–Trinajstić information content (AvgIpc) is 3.18. The third-order valence-electron chi connectivity index (χ3n) is 2.89. The smallest absolute Gasteiger partial charge is 0.221 e. The molecule has 18 heavy (non-hydrogen) atoms. The number of anilines is 1. The number of aromatic nitrogens is 2. The highest BCUT2D eigenvalue weighted by atomic mass is 16.5. The van der Waals surface area contributed by atoms with Crippen LogP contribution in [0.3, 0.4) is 0 Å². The Morgan fingerprint density at radius 2 is 2.22 bits per heavy atom. The van der Waals surface area contributed by atoms with E-state index in [1.807, 2.05) is 6.92 Å². The molecule has 0 amide bonds. The number of nitrogens with one attached hydrogen (secondary N) is 1. The van der Waals surface area contributed by atoms with Gasteiger partial charge in [-0.25, -0.2) is 4.98 Å². The van der Waals surface area contributed by atoms with Gasteiger partial charge in [0.15, 0.2) is 0 Å². The van der Waals surface area contributed by atoms with Crippen LogP contribution in [0.15, 0.2) is 0 Å². The molecule has 1 aromatic heterocycles. The molecule has 1 heterocycles. The third-order valence-corrected chi connectivity index (χ3v) is 2.89. The zero-order chi connectivity index (χ0) is 13.0. The number of nitrogens with zero attached hydrogens (tertiary/aromatic N) is 2. The summed E-state index contributed by atoms with van der Waals surface area (Å²) in [7, 11) is 0. The largest absolute Gasteiger partial charge is 0.476 e. The fourth-order valence-corrected chi connectivity index (χ4v) is 1.72. The molecule has 1 aliphatic carbocycles. The second-order valence-corrected chi connectivity index (χ2v) is 4.47. The van der Waals surface area contributed by atoms with E-state index in [9.17, 15) is 0 Å². The zero-order valence-corrected chi connectivity index (χ0v) is 11.0. The summed E-state index contributed by atoms with van der Waals surface area (Å²) in [5.41, 5.74) is 0.957. The first kappa shape index (κ1) is 12.7. The lowest BCUT2D eigenvalue weighted by molar-refractivity contribution is 0.310. The highest BCUT2D eigenvalue weighted by Gasteiger charge is 2.28. The van der Waals surface area contributed by atoms with Crippen molar-refractivity contribution in [3.05, 3.63) is 11.4 Å². The lowest BCUT2D eigenvalue weighted by Gasteiger charge is -2.13. The quantitative estimate of drug-likeness (QED) is 0.618. The van der Waals surface area contributed by atoms with Gasteiger partial charge in [-0.1, -0.05) is 0 Å². The van der Waals surface area contributed by atoms with Gasteiger partial charge in [-0.15, -0.1) is 12.3 Å². The first-order valence-electron chi connectivity index (χ1n) is 6.45. The summed E-state index contributed by atoms with van der Waals surface area (Å²) in [6, 6.07) is 0. The van der Waals surface area contributed by atoms with E-state index in [2.05, 4.69) is 28.1 Å². The summed E-state index contributed by atoms with van der Waals surface area (Å²) >= 11 is 0. The van der Waals surface area contributed by atoms with Gasteiger partial charge in [0, 0.05) is 18.9 Å². The van der Waals surface area contributed by atoms with Crippen molar-refractivity contribution in [2.75, 3.05) is 18.5 Å². The van der Waals surface area contributed by atoms with Crippen LogP contribution in [0.4, 0.5) is 5.82 Å². The molecule has 0 radical (unpaired) electrons. The predicted octanol–water partition coefficient (Wildman–Crippen LogP) is 2.50. The monoisotopic (exact) mass is 245 g/mol. The van der Waals surface area contributed by atoms with E-state index >= 15 is 0 Å². The molecular formula is C14H19N3O. The normalized spacial score (nSPS) is 14.1. The van der Waals surface area contributed by atoms with E-state index < -0.39 is 0 Å². The molecule has 0 unspecified atom stereocenters. The van der Waals surface area contributed by atoms with Gasteiger partial charge >= 0.3 is 0 Å². The van der Waals surface area contributed by atoms with Crippen LogP contribution in [0.2, 0.25) is 0 Å². The summed E-state index contributed by atoms with van der Waals surface area (Å²) < 4.78 is 5.65. The Morgan fingerprint density at radius 1 is 1.44 bits per heavy atom. The van der Waals surface area contributed by atoms with Gasteiger partial charge in [-0.2, -0.15) is 4.98 Å². The van der Waals surface area contributed by atoms with Crippen LogP contribution in [-0.2, 0) is 0 Å². The molecule has 4 heteroatoms. The maximum Gasteiger partial charge on any atom is 0.221 e. The van der Waals surface area contributed by atoms with Crippen LogP contribution < -0.4 is 10.1 Å². The van der Waals surface area contributed by atoms with Crippen molar-refractivity contribution in [2.24, 2.45) is 0 Å². The summed E-state index contributed by atoms with van der Waals surface area (Å²) in [4.78, 5) is 9.08. The van der Waals surface area contributed by atoms with E-state index in [4.69, 9.17) is 11.2 Å². The van der Waals surface area contributed by atoms with Gasteiger partial charge in [0.05, 0.1) is 5.56 Å². The van der Waals surface area contributed by atoms with Gasteiger partial charge in [-0.05, 0) is 26.7 Å². The molecule has 1 fully saturated rings. The molecule has 1 aliphatic rings. The lowest BCUT2D eigenvalue weighted by Crippen LogP contribution is -2.09. The molecule has 0 aliphatic heterocycles. The standard InChI is InChI=1S/C14H19N3O/c1-4-6-9-18-14-10(3)12(15-5-2)16-13(17-14)11-7-8-11/h1,11H,5-9H2,2-3H3,(H,15,16,17). The van der Waals surface area contributed by atoms with Crippen LogP contribution in [0.1, 0.15) is 43.5 Å². The van der Waals surface area contributed by atoms with Crippen LogP contribution >= 0.6 is 0 Å². The first-order chi connectivity index (χ1) is 8.76. The minimum atomic E-state index is 0.504. The maximum absolute atomic E-state index is 5.65. The Balaban J connectivity index is 2.22. The summed E-state index contributed by atoms with van der Waals surface area (Å²) in [6.45, 7) is 5.37. The van der Waals surface area contributed by atoms with Crippen LogP contribution in [0.25, 0.3) is 0 Å². The van der Waals surface area contributed by atoms with Crippen molar-refractivity contribution in [3.63, 3.8) is 0 Å². The maximum atomic E-state index is 5.65. The minimum absolute atomic E-state index is 0.504. The lowest BCUT2D eigenvalue weighted by atomic mass is 10.3. The van der Waals surface area contributed by atoms with Crippen molar-refractivity contribution >= 4 is 5.82 Å². The number of rotatable bonds is 6. The number of ether oxygens (including phenoxy) is 1.